The summed E-state index contributed by atoms with van der Waals surface area (Å²) < 4.78 is 1.91. The molecule has 1 aromatic heterocycles. The van der Waals surface area contributed by atoms with Gasteiger partial charge in [-0.2, -0.15) is 9.37 Å². The van der Waals surface area contributed by atoms with E-state index >= 15 is 0 Å². The van der Waals surface area contributed by atoms with Crippen LogP contribution in [0, 0.1) is 0 Å². The second-order valence-corrected chi connectivity index (χ2v) is 6.23. The predicted molar refractivity (Wildman–Crippen MR) is 55.9 cm³/mol. The van der Waals surface area contributed by atoms with E-state index in [0.29, 0.717) is 0 Å². The largest absolute Gasteiger partial charge is 0.299 e. The first kappa shape index (κ1) is 11.7. The van der Waals surface area contributed by atoms with E-state index in [2.05, 4.69) is 9.37 Å². The van der Waals surface area contributed by atoms with Gasteiger partial charge in [0.05, 0.1) is 0 Å². The number of hydrogen-bond acceptors (Lipinski definition) is 4. The van der Waals surface area contributed by atoms with Gasteiger partial charge in [-0.15, -0.1) is 0 Å². The molecule has 3 nitrogen and oxygen atoms in total. The third-order valence-corrected chi connectivity index (χ3v) is 3.51. The number of amides is 1. The van der Waals surface area contributed by atoms with Crippen LogP contribution in [0.1, 0.15) is 0 Å². The lowest BCUT2D eigenvalue weighted by Gasteiger charge is -2.02. The molecule has 0 fully saturated rings. The summed E-state index contributed by atoms with van der Waals surface area (Å²) in [7, 11) is 2.23. The maximum absolute atomic E-state index is 11.0. The summed E-state index contributed by atoms with van der Waals surface area (Å²) in [6.07, 6.45) is 0. The van der Waals surface area contributed by atoms with Gasteiger partial charge in [-0.05, 0) is 10.3 Å². The fraction of sp³-hybridized carbons (Fsp3) is 0.250. The summed E-state index contributed by atoms with van der Waals surface area (Å²) in [6.45, 7) is 0. The Labute approximate surface area is 100 Å². The minimum absolute atomic E-state index is 0.137. The molecule has 0 saturated carbocycles. The van der Waals surface area contributed by atoms with Crippen LogP contribution >= 0.6 is 67.3 Å². The summed E-state index contributed by atoms with van der Waals surface area (Å²) in [5.74, 6) is -0.879. The summed E-state index contributed by atoms with van der Waals surface area (Å²) >= 11 is 21.4. The molecular formula is C4Cl4N2OS2. The Bertz CT molecular complexity index is 378. The Morgan fingerprint density at radius 1 is 1.46 bits per heavy atom. The third kappa shape index (κ3) is 3.34. The van der Waals surface area contributed by atoms with Gasteiger partial charge in [-0.3, -0.25) is 4.79 Å². The highest BCUT2D eigenvalue weighted by Crippen LogP contribution is 2.27. The molecule has 0 spiro atoms. The predicted octanol–water partition coefficient (Wildman–Crippen LogP) is 2.66. The molecule has 1 amide bonds. The van der Waals surface area contributed by atoms with Crippen molar-refractivity contribution in [2.45, 2.75) is 3.79 Å². The number of carbonyl (C=O) groups is 1. The first-order valence-corrected chi connectivity index (χ1v) is 6.30. The van der Waals surface area contributed by atoms with Crippen LogP contribution in [-0.4, -0.2) is 14.1 Å². The topological polar surface area (TPSA) is 42.3 Å². The van der Waals surface area contributed by atoms with Crippen LogP contribution in [0.5, 0.6) is 0 Å². The standard InChI is InChI=1S/C4Cl4N2OS2/c5-1-2(12-13-10-1)9-3(11)4(6,7)8. The molecule has 0 aliphatic carbocycles. The van der Waals surface area contributed by atoms with E-state index in [1.807, 2.05) is 0 Å². The van der Waals surface area contributed by atoms with Gasteiger partial charge in [0.1, 0.15) is 0 Å². The molecule has 0 bridgehead atoms. The Hall–Kier alpha value is 0.610. The number of aromatic nitrogens is 1. The molecule has 0 unspecified atom stereocenters. The van der Waals surface area contributed by atoms with E-state index in [9.17, 15) is 4.79 Å². The molecule has 9 heteroatoms. The number of rotatable bonds is 0. The molecule has 0 aliphatic rings. The lowest BCUT2D eigenvalue weighted by atomic mass is 10.7. The lowest BCUT2D eigenvalue weighted by molar-refractivity contribution is -0.117. The zero-order valence-electron chi connectivity index (χ0n) is 5.63. The molecule has 0 radical (unpaired) electrons. The van der Waals surface area contributed by atoms with Crippen LogP contribution in [-0.2, 0) is 4.79 Å². The minimum atomic E-state index is -2.04. The van der Waals surface area contributed by atoms with E-state index < -0.39 is 9.70 Å². The van der Waals surface area contributed by atoms with Gasteiger partial charge < -0.3 is 0 Å². The van der Waals surface area contributed by atoms with Gasteiger partial charge in [0.2, 0.25) is 0 Å². The van der Waals surface area contributed by atoms with E-state index in [-0.39, 0.29) is 9.82 Å². The van der Waals surface area contributed by atoms with Crippen molar-refractivity contribution >= 4 is 73.2 Å². The maximum atomic E-state index is 11.0. The highest BCUT2D eigenvalue weighted by molar-refractivity contribution is 7.66. The second-order valence-electron chi connectivity index (χ2n) is 1.76. The molecule has 0 N–H and O–H groups in total. The average Bonchev–Trinajstić information content (AvgIpc) is 2.34. The van der Waals surface area contributed by atoms with E-state index in [1.165, 1.54) is 0 Å². The number of nitrogens with zero attached hydrogens (tertiary/aromatic N) is 2. The molecule has 13 heavy (non-hydrogen) atoms. The van der Waals surface area contributed by atoms with Gasteiger partial charge in [0.15, 0.2) is 9.82 Å². The summed E-state index contributed by atoms with van der Waals surface area (Å²) in [5, 5.41) is 0.137. The summed E-state index contributed by atoms with van der Waals surface area (Å²) in [5.41, 5.74) is 0. The lowest BCUT2D eigenvalue weighted by Crippen LogP contribution is -2.18. The summed E-state index contributed by atoms with van der Waals surface area (Å²) in [6, 6.07) is 0. The van der Waals surface area contributed by atoms with Crippen LogP contribution in [0.25, 0.3) is 0 Å². The molecule has 1 rings (SSSR count). The van der Waals surface area contributed by atoms with E-state index in [0.717, 1.165) is 20.9 Å². The molecule has 0 aliphatic heterocycles. The monoisotopic (exact) mass is 296 g/mol. The normalized spacial score (nSPS) is 13.4. The van der Waals surface area contributed by atoms with Crippen molar-refractivity contribution in [3.05, 3.63) is 9.82 Å². The van der Waals surface area contributed by atoms with Crippen molar-refractivity contribution < 1.29 is 4.79 Å². The maximum Gasteiger partial charge on any atom is 0.299 e. The van der Waals surface area contributed by atoms with Crippen molar-refractivity contribution in [2.24, 2.45) is 4.99 Å². The van der Waals surface area contributed by atoms with Crippen molar-refractivity contribution in [2.75, 3.05) is 0 Å². The van der Waals surface area contributed by atoms with Gasteiger partial charge >= 0.3 is 0 Å². The average molecular weight is 298 g/mol. The van der Waals surface area contributed by atoms with Gasteiger partial charge in [0.25, 0.3) is 9.70 Å². The number of hydrogen-bond donors (Lipinski definition) is 0. The zero-order valence-corrected chi connectivity index (χ0v) is 10.3. The minimum Gasteiger partial charge on any atom is -0.268 e. The highest BCUT2D eigenvalue weighted by Gasteiger charge is 2.30. The first-order valence-electron chi connectivity index (χ1n) is 2.68. The van der Waals surface area contributed by atoms with Crippen LogP contribution < -0.4 is 4.67 Å². The van der Waals surface area contributed by atoms with Crippen LogP contribution in [0.15, 0.2) is 4.99 Å². The summed E-state index contributed by atoms with van der Waals surface area (Å²) in [4.78, 5) is 14.5. The second kappa shape index (κ2) is 4.42. The molecule has 0 aromatic carbocycles. The zero-order chi connectivity index (χ0) is 10.1. The van der Waals surface area contributed by atoms with Gasteiger partial charge in [-0.1, -0.05) is 46.4 Å². The molecule has 0 saturated heterocycles. The molecule has 1 aromatic rings. The third-order valence-electron chi connectivity index (χ3n) is 0.856. The number of carbonyl (C=O) groups excluding carboxylic acids is 1. The highest BCUT2D eigenvalue weighted by atomic mass is 35.6. The Kier molecular flexibility index (Phi) is 3.97. The van der Waals surface area contributed by atoms with Gasteiger partial charge in [-0.25, -0.2) is 0 Å². The fourth-order valence-electron chi connectivity index (χ4n) is 0.380. The Morgan fingerprint density at radius 3 is 2.46 bits per heavy atom. The van der Waals surface area contributed by atoms with Gasteiger partial charge in [0, 0.05) is 10.5 Å². The van der Waals surface area contributed by atoms with E-state index in [1.54, 1.807) is 0 Å². The quantitative estimate of drug-likeness (QED) is 0.546. The molecular weight excluding hydrogens is 298 g/mol. The van der Waals surface area contributed by atoms with Crippen molar-refractivity contribution in [1.82, 2.24) is 4.37 Å². The van der Waals surface area contributed by atoms with Crippen molar-refractivity contribution in [1.29, 1.82) is 0 Å². The first-order chi connectivity index (χ1) is 5.91. The van der Waals surface area contributed by atoms with Crippen molar-refractivity contribution in [3.8, 4) is 0 Å². The number of halogens is 4. The Balaban J connectivity index is 3.04. The Morgan fingerprint density at radius 2 is 2.08 bits per heavy atom. The molecule has 0 atom stereocenters. The number of alkyl halides is 3. The van der Waals surface area contributed by atoms with Crippen LogP contribution in [0.4, 0.5) is 0 Å². The van der Waals surface area contributed by atoms with Crippen LogP contribution in [0.2, 0.25) is 5.15 Å². The molecule has 72 valence electrons. The molecule has 1 heterocycles. The van der Waals surface area contributed by atoms with Crippen LogP contribution in [0.3, 0.4) is 0 Å². The fourth-order valence-corrected chi connectivity index (χ4v) is 2.48. The SMILES string of the molecule is O=C(N=c1ssnc1Cl)C(Cl)(Cl)Cl. The van der Waals surface area contributed by atoms with E-state index in [4.69, 9.17) is 46.4 Å². The smallest absolute Gasteiger partial charge is 0.268 e. The van der Waals surface area contributed by atoms with Crippen molar-refractivity contribution in [3.63, 3.8) is 0 Å².